The largest absolute Gasteiger partial charge is 0.388 e. The number of aliphatic hydroxyl groups is 1. The van der Waals surface area contributed by atoms with Crippen LogP contribution in [0.1, 0.15) is 50.8 Å². The van der Waals surface area contributed by atoms with Crippen LogP contribution in [0.15, 0.2) is 24.3 Å². The maximum Gasteiger partial charge on any atom is 0.0802 e. The Kier molecular flexibility index (Phi) is 6.53. The molecule has 1 aromatic rings. The molecule has 1 N–H and O–H groups in total. The average molecular weight is 263 g/mol. The van der Waals surface area contributed by atoms with Gasteiger partial charge in [0.05, 0.1) is 6.10 Å². The summed E-state index contributed by atoms with van der Waals surface area (Å²) in [7, 11) is 2.15. The molecule has 1 rings (SSSR count). The highest BCUT2D eigenvalue weighted by atomic mass is 16.3. The summed E-state index contributed by atoms with van der Waals surface area (Å²) in [4.78, 5) is 2.34. The monoisotopic (exact) mass is 263 g/mol. The summed E-state index contributed by atoms with van der Waals surface area (Å²) >= 11 is 0. The zero-order valence-electron chi connectivity index (χ0n) is 13.1. The van der Waals surface area contributed by atoms with E-state index in [2.05, 4.69) is 51.8 Å². The third-order valence-corrected chi connectivity index (χ3v) is 3.78. The number of benzene rings is 1. The van der Waals surface area contributed by atoms with Crippen molar-refractivity contribution in [3.63, 3.8) is 0 Å². The lowest BCUT2D eigenvalue weighted by Gasteiger charge is -2.27. The zero-order chi connectivity index (χ0) is 14.4. The van der Waals surface area contributed by atoms with Crippen molar-refractivity contribution in [3.05, 3.63) is 35.4 Å². The van der Waals surface area contributed by atoms with Crippen molar-refractivity contribution < 1.29 is 5.11 Å². The summed E-state index contributed by atoms with van der Waals surface area (Å²) in [6, 6.07) is 8.74. The second-order valence-electron chi connectivity index (χ2n) is 6.17. The molecule has 0 spiro atoms. The van der Waals surface area contributed by atoms with Crippen LogP contribution in [0.3, 0.4) is 0 Å². The Hall–Kier alpha value is -0.860. The van der Waals surface area contributed by atoms with E-state index in [4.69, 9.17) is 0 Å². The minimum Gasteiger partial charge on any atom is -0.388 e. The molecular formula is C17H29NO. The molecule has 0 radical (unpaired) electrons. The van der Waals surface area contributed by atoms with Crippen molar-refractivity contribution in [2.75, 3.05) is 13.6 Å². The van der Waals surface area contributed by atoms with Crippen LogP contribution >= 0.6 is 0 Å². The number of nitrogens with zero attached hydrogens (tertiary/aromatic N) is 1. The summed E-state index contributed by atoms with van der Waals surface area (Å²) in [6.07, 6.45) is 1.65. The maximum absolute atomic E-state index is 10.2. The number of aliphatic hydroxyl groups excluding tert-OH is 1. The Balaban J connectivity index is 2.41. The lowest BCUT2D eigenvalue weighted by Crippen LogP contribution is -2.31. The fourth-order valence-corrected chi connectivity index (χ4v) is 2.36. The molecule has 0 bridgehead atoms. The van der Waals surface area contributed by atoms with Gasteiger partial charge in [-0.25, -0.2) is 0 Å². The zero-order valence-corrected chi connectivity index (χ0v) is 13.1. The van der Waals surface area contributed by atoms with Crippen molar-refractivity contribution in [3.8, 4) is 0 Å². The summed E-state index contributed by atoms with van der Waals surface area (Å²) in [5, 5.41) is 10.2. The van der Waals surface area contributed by atoms with Crippen LogP contribution in [0.25, 0.3) is 0 Å². The topological polar surface area (TPSA) is 23.5 Å². The Morgan fingerprint density at radius 3 is 2.21 bits per heavy atom. The van der Waals surface area contributed by atoms with Gasteiger partial charge >= 0.3 is 0 Å². The van der Waals surface area contributed by atoms with E-state index in [1.165, 1.54) is 12.0 Å². The first kappa shape index (κ1) is 16.2. The van der Waals surface area contributed by atoms with Crippen LogP contribution in [-0.2, 0) is 0 Å². The van der Waals surface area contributed by atoms with Gasteiger partial charge in [-0.3, -0.25) is 0 Å². The standard InChI is InChI=1S/C17H29NO/c1-13(2)12-15(4)18(5)11-10-17(19)16-8-6-14(3)7-9-16/h6-9,13,15,17,19H,10-12H2,1-5H3. The fraction of sp³-hybridized carbons (Fsp3) is 0.647. The van der Waals surface area contributed by atoms with Gasteiger partial charge in [-0.1, -0.05) is 43.7 Å². The van der Waals surface area contributed by atoms with E-state index >= 15 is 0 Å². The van der Waals surface area contributed by atoms with Crippen LogP contribution in [0, 0.1) is 12.8 Å². The van der Waals surface area contributed by atoms with Gasteiger partial charge in [0.15, 0.2) is 0 Å². The predicted molar refractivity (Wildman–Crippen MR) is 82.3 cm³/mol. The molecule has 0 fully saturated rings. The smallest absolute Gasteiger partial charge is 0.0802 e. The van der Waals surface area contributed by atoms with Crippen molar-refractivity contribution in [2.24, 2.45) is 5.92 Å². The second-order valence-corrected chi connectivity index (χ2v) is 6.17. The molecule has 19 heavy (non-hydrogen) atoms. The third kappa shape index (κ3) is 5.75. The van der Waals surface area contributed by atoms with Crippen molar-refractivity contribution in [1.82, 2.24) is 4.90 Å². The van der Waals surface area contributed by atoms with Gasteiger partial charge in [0.1, 0.15) is 0 Å². The molecule has 0 amide bonds. The SMILES string of the molecule is Cc1ccc(C(O)CCN(C)C(C)CC(C)C)cc1. The Morgan fingerprint density at radius 2 is 1.68 bits per heavy atom. The molecule has 0 aliphatic carbocycles. The molecule has 2 nitrogen and oxygen atoms in total. The van der Waals surface area contributed by atoms with Gasteiger partial charge in [-0.2, -0.15) is 0 Å². The van der Waals surface area contributed by atoms with Crippen molar-refractivity contribution in [1.29, 1.82) is 0 Å². The molecule has 1 aromatic carbocycles. The van der Waals surface area contributed by atoms with Crippen LogP contribution in [0.5, 0.6) is 0 Å². The van der Waals surface area contributed by atoms with Gasteiger partial charge in [0.2, 0.25) is 0 Å². The van der Waals surface area contributed by atoms with E-state index < -0.39 is 0 Å². The lowest BCUT2D eigenvalue weighted by molar-refractivity contribution is 0.134. The minimum atomic E-state index is -0.353. The van der Waals surface area contributed by atoms with Gasteiger partial charge in [0.25, 0.3) is 0 Å². The molecule has 0 saturated heterocycles. The van der Waals surface area contributed by atoms with Gasteiger partial charge in [-0.15, -0.1) is 0 Å². The van der Waals surface area contributed by atoms with E-state index in [-0.39, 0.29) is 6.10 Å². The Bertz CT molecular complexity index is 358. The van der Waals surface area contributed by atoms with Crippen LogP contribution < -0.4 is 0 Å². The van der Waals surface area contributed by atoms with Crippen molar-refractivity contribution >= 4 is 0 Å². The average Bonchev–Trinajstić information content (AvgIpc) is 2.35. The van der Waals surface area contributed by atoms with E-state index in [1.54, 1.807) is 0 Å². The van der Waals surface area contributed by atoms with Crippen molar-refractivity contribution in [2.45, 2.75) is 52.7 Å². The third-order valence-electron chi connectivity index (χ3n) is 3.78. The number of hydrogen-bond acceptors (Lipinski definition) is 2. The fourth-order valence-electron chi connectivity index (χ4n) is 2.36. The predicted octanol–water partition coefficient (Wildman–Crippen LogP) is 3.78. The summed E-state index contributed by atoms with van der Waals surface area (Å²) in [5.74, 6) is 0.722. The molecule has 2 unspecified atom stereocenters. The number of hydrogen-bond donors (Lipinski definition) is 1. The summed E-state index contributed by atoms with van der Waals surface area (Å²) in [6.45, 7) is 9.77. The second kappa shape index (κ2) is 7.66. The van der Waals surface area contributed by atoms with Crippen LogP contribution in [-0.4, -0.2) is 29.6 Å². The molecule has 0 aliphatic rings. The highest BCUT2D eigenvalue weighted by Crippen LogP contribution is 2.18. The number of aryl methyl sites for hydroxylation is 1. The molecule has 0 aliphatic heterocycles. The van der Waals surface area contributed by atoms with Gasteiger partial charge < -0.3 is 10.0 Å². The Labute approximate surface area is 118 Å². The van der Waals surface area contributed by atoms with Crippen LogP contribution in [0.4, 0.5) is 0 Å². The molecule has 2 atom stereocenters. The van der Waals surface area contributed by atoms with Crippen LogP contribution in [0.2, 0.25) is 0 Å². The van der Waals surface area contributed by atoms with Gasteiger partial charge in [-0.05, 0) is 45.2 Å². The first-order chi connectivity index (χ1) is 8.90. The lowest BCUT2D eigenvalue weighted by atomic mass is 10.0. The number of rotatable bonds is 7. The molecular weight excluding hydrogens is 234 g/mol. The first-order valence-electron chi connectivity index (χ1n) is 7.35. The molecule has 2 heteroatoms. The molecule has 0 heterocycles. The normalized spacial score (nSPS) is 14.9. The summed E-state index contributed by atoms with van der Waals surface area (Å²) < 4.78 is 0. The summed E-state index contributed by atoms with van der Waals surface area (Å²) in [5.41, 5.74) is 2.26. The quantitative estimate of drug-likeness (QED) is 0.809. The maximum atomic E-state index is 10.2. The minimum absolute atomic E-state index is 0.353. The Morgan fingerprint density at radius 1 is 1.11 bits per heavy atom. The highest BCUT2D eigenvalue weighted by molar-refractivity contribution is 5.22. The molecule has 108 valence electrons. The van der Waals surface area contributed by atoms with Gasteiger partial charge in [0, 0.05) is 12.6 Å². The van der Waals surface area contributed by atoms with E-state index in [9.17, 15) is 5.11 Å². The first-order valence-corrected chi connectivity index (χ1v) is 7.35. The van der Waals surface area contributed by atoms with E-state index in [0.717, 1.165) is 24.4 Å². The molecule has 0 saturated carbocycles. The molecule has 0 aromatic heterocycles. The highest BCUT2D eigenvalue weighted by Gasteiger charge is 2.13. The van der Waals surface area contributed by atoms with E-state index in [0.29, 0.717) is 6.04 Å². The van der Waals surface area contributed by atoms with E-state index in [1.807, 2.05) is 12.1 Å².